The first-order valence-electron chi connectivity index (χ1n) is 6.65. The molecule has 26 heavy (non-hydrogen) atoms. The second kappa shape index (κ2) is 9.05. The van der Waals surface area contributed by atoms with Crippen LogP contribution in [0.25, 0.3) is 0 Å². The van der Waals surface area contributed by atoms with Gasteiger partial charge in [0, 0.05) is 0 Å². The van der Waals surface area contributed by atoms with Gasteiger partial charge >= 0.3 is 0 Å². The van der Waals surface area contributed by atoms with E-state index in [2.05, 4.69) is 61.9 Å². The minimum Gasteiger partial charge on any atom is -0.283 e. The summed E-state index contributed by atoms with van der Waals surface area (Å²) in [6, 6.07) is 0. The zero-order valence-corrected chi connectivity index (χ0v) is 13.6. The van der Waals surface area contributed by atoms with Crippen LogP contribution >= 0.6 is 0 Å². The molecule has 0 saturated carbocycles. The molecule has 4 N–H and O–H groups in total. The summed E-state index contributed by atoms with van der Waals surface area (Å²) >= 11 is 0. The lowest BCUT2D eigenvalue weighted by molar-refractivity contribution is -0.732. The van der Waals surface area contributed by atoms with Gasteiger partial charge in [-0.1, -0.05) is 0 Å². The third kappa shape index (κ3) is 6.39. The van der Waals surface area contributed by atoms with Crippen LogP contribution in [0.3, 0.4) is 0 Å². The van der Waals surface area contributed by atoms with Crippen LogP contribution in [0.15, 0.2) is 35.0 Å². The number of azo groups is 1. The molecule has 0 radical (unpaired) electrons. The van der Waals surface area contributed by atoms with E-state index in [9.17, 15) is 0 Å². The van der Waals surface area contributed by atoms with E-state index in [1.165, 1.54) is 9.58 Å². The van der Waals surface area contributed by atoms with Crippen LogP contribution in [0.5, 0.6) is 0 Å². The fourth-order valence-corrected chi connectivity index (χ4v) is 1.22. The van der Waals surface area contributed by atoms with Crippen LogP contribution in [-0.4, -0.2) is 51.1 Å². The van der Waals surface area contributed by atoms with Crippen LogP contribution in [0.4, 0.5) is 11.9 Å². The van der Waals surface area contributed by atoms with Gasteiger partial charge in [-0.25, -0.2) is 21.9 Å². The number of nitrogens with zero attached hydrogens (tertiary/aromatic N) is 16. The largest absolute Gasteiger partial charge is 0.283 e. The first-order chi connectivity index (χ1) is 12.5. The summed E-state index contributed by atoms with van der Waals surface area (Å²) in [7, 11) is 3.62. The van der Waals surface area contributed by atoms with Gasteiger partial charge in [-0.2, -0.15) is 10.4 Å². The Morgan fingerprint density at radius 2 is 1.27 bits per heavy atom. The minimum atomic E-state index is 0.0415. The lowest BCUT2D eigenvalue weighted by atomic mass is 10.9. The number of rotatable bonds is 2. The highest BCUT2D eigenvalue weighted by atomic mass is 15.6. The Kier molecular flexibility index (Phi) is 6.25. The summed E-state index contributed by atoms with van der Waals surface area (Å²) < 4.78 is 3.25. The second-order valence-corrected chi connectivity index (χ2v) is 4.24. The van der Waals surface area contributed by atoms with E-state index in [4.69, 9.17) is 11.7 Å². The molecule has 0 aliphatic carbocycles. The molecule has 0 fully saturated rings. The van der Waals surface area contributed by atoms with E-state index in [-0.39, 0.29) is 11.9 Å². The van der Waals surface area contributed by atoms with E-state index in [1.54, 1.807) is 34.2 Å². The van der Waals surface area contributed by atoms with Gasteiger partial charge in [-0.15, -0.1) is 19.8 Å². The standard InChI is InChI=1S/2C3H7N4.C2N10/c2*1-6-2-3-7(4)5-6;3(1-5-9-10-6-1)4-2-7-11-12-8-2/h2*2-3H,1H3,(H2,4,5);/q2*+1;-2/b;;4-3+. The maximum atomic E-state index is 5.16. The lowest BCUT2D eigenvalue weighted by Gasteiger charge is -1.91. The molecule has 136 valence electrons. The van der Waals surface area contributed by atoms with Crippen molar-refractivity contribution in [3.63, 3.8) is 0 Å². The van der Waals surface area contributed by atoms with Crippen molar-refractivity contribution in [1.29, 1.82) is 0 Å². The maximum Gasteiger partial charge on any atom is 0.184 e. The number of nitrogens with two attached hydrogens (primary N) is 2. The van der Waals surface area contributed by atoms with Crippen LogP contribution in [0.2, 0.25) is 0 Å². The van der Waals surface area contributed by atoms with Crippen molar-refractivity contribution in [3.05, 3.63) is 24.8 Å². The van der Waals surface area contributed by atoms with Gasteiger partial charge in [0.15, 0.2) is 24.8 Å². The van der Waals surface area contributed by atoms with Gasteiger partial charge in [0.1, 0.15) is 36.4 Å². The third-order valence-corrected chi connectivity index (χ3v) is 2.20. The molecule has 18 nitrogen and oxygen atoms in total. The number of hydrogen-bond acceptors (Lipinski definition) is 12. The number of tetrazole rings is 2. The second-order valence-electron chi connectivity index (χ2n) is 4.24. The van der Waals surface area contributed by atoms with Crippen molar-refractivity contribution in [2.45, 2.75) is 0 Å². The molecule has 0 aliphatic heterocycles. The molecule has 4 rings (SSSR count). The molecular weight excluding hydrogens is 348 g/mol. The van der Waals surface area contributed by atoms with Crippen molar-refractivity contribution in [2.75, 3.05) is 11.7 Å². The zero-order chi connectivity index (χ0) is 18.8. The molecule has 0 unspecified atom stereocenters. The van der Waals surface area contributed by atoms with Gasteiger partial charge in [-0.3, -0.25) is 20.4 Å². The smallest absolute Gasteiger partial charge is 0.184 e. The van der Waals surface area contributed by atoms with Crippen molar-refractivity contribution >= 4 is 11.9 Å². The van der Waals surface area contributed by atoms with Crippen LogP contribution in [0, 0.1) is 0 Å². The Hall–Kier alpha value is -4.38. The highest BCUT2D eigenvalue weighted by Crippen LogP contribution is 2.03. The van der Waals surface area contributed by atoms with Gasteiger partial charge in [0.2, 0.25) is 0 Å². The van der Waals surface area contributed by atoms with Crippen molar-refractivity contribution in [2.24, 2.45) is 24.3 Å². The van der Waals surface area contributed by atoms with Gasteiger partial charge < -0.3 is 0 Å². The molecule has 0 bridgehead atoms. The summed E-state index contributed by atoms with van der Waals surface area (Å²) in [5, 5.41) is 40.7. The third-order valence-electron chi connectivity index (χ3n) is 2.20. The number of nitrogen functional groups attached to an aromatic ring is 2. The van der Waals surface area contributed by atoms with E-state index in [1.807, 2.05) is 14.1 Å². The van der Waals surface area contributed by atoms with Crippen LogP contribution in [-0.2, 0) is 14.1 Å². The summed E-state index contributed by atoms with van der Waals surface area (Å²) in [5.41, 5.74) is 0. The molecule has 4 aromatic heterocycles. The summed E-state index contributed by atoms with van der Waals surface area (Å²) in [5.74, 6) is 10.4. The Balaban J connectivity index is 0.000000150. The molecule has 18 heteroatoms. The zero-order valence-electron chi connectivity index (χ0n) is 13.6. The van der Waals surface area contributed by atoms with Crippen molar-refractivity contribution in [3.8, 4) is 0 Å². The molecule has 0 spiro atoms. The molecular formula is C8H14N18. The average molecular weight is 362 g/mol. The summed E-state index contributed by atoms with van der Waals surface area (Å²) in [6.45, 7) is 0. The van der Waals surface area contributed by atoms with E-state index in [0.717, 1.165) is 0 Å². The Morgan fingerprint density at radius 1 is 0.846 bits per heavy atom. The van der Waals surface area contributed by atoms with E-state index >= 15 is 0 Å². The highest BCUT2D eigenvalue weighted by molar-refractivity contribution is 5.10. The SMILES string of the molecule is C[n+]1ccn(N)n1.C[n+]1ccn(N)n1.N(=N\c1nnn[n-]1)/c1nnn[n-]1. The molecule has 0 saturated heterocycles. The molecule has 0 aromatic carbocycles. The van der Waals surface area contributed by atoms with Crippen LogP contribution < -0.4 is 31.2 Å². The first kappa shape index (κ1) is 18.0. The molecule has 0 amide bonds. The molecule has 0 atom stereocenters. The predicted octanol–water partition coefficient (Wildman–Crippen LogP) is -4.77. The highest BCUT2D eigenvalue weighted by Gasteiger charge is 1.91. The Morgan fingerprint density at radius 3 is 1.46 bits per heavy atom. The summed E-state index contributed by atoms with van der Waals surface area (Å²) in [4.78, 5) is 2.50. The Labute approximate surface area is 144 Å². The normalized spacial score (nSPS) is 10.1. The number of hydrogen-bond donors (Lipinski definition) is 2. The van der Waals surface area contributed by atoms with Crippen LogP contribution in [0.1, 0.15) is 0 Å². The molecule has 4 heterocycles. The maximum absolute atomic E-state index is 5.16. The van der Waals surface area contributed by atoms with Crippen molar-refractivity contribution in [1.82, 2.24) is 61.3 Å². The van der Waals surface area contributed by atoms with Gasteiger partial charge in [0.25, 0.3) is 0 Å². The number of aromatic nitrogens is 14. The fraction of sp³-hybridized carbons (Fsp3) is 0.250. The first-order valence-corrected chi connectivity index (χ1v) is 6.65. The summed E-state index contributed by atoms with van der Waals surface area (Å²) in [6.07, 6.45) is 6.86. The topological polar surface area (TPSA) is 226 Å². The van der Waals surface area contributed by atoms with Gasteiger partial charge in [-0.05, 0) is 9.58 Å². The Bertz CT molecular complexity index is 774. The minimum absolute atomic E-state index is 0.0415. The van der Waals surface area contributed by atoms with E-state index < -0.39 is 0 Å². The van der Waals surface area contributed by atoms with E-state index in [0.29, 0.717) is 0 Å². The quantitative estimate of drug-likeness (QED) is 0.194. The fourth-order valence-electron chi connectivity index (χ4n) is 1.22. The number of aryl methyl sites for hydroxylation is 2. The average Bonchev–Trinajstić information content (AvgIpc) is 3.38. The lowest BCUT2D eigenvalue weighted by Crippen LogP contribution is -2.31. The monoisotopic (exact) mass is 362 g/mol. The molecule has 4 aromatic rings. The predicted molar refractivity (Wildman–Crippen MR) is 77.6 cm³/mol. The van der Waals surface area contributed by atoms with Gasteiger partial charge in [0.05, 0.1) is 0 Å². The van der Waals surface area contributed by atoms with Crippen molar-refractivity contribution < 1.29 is 9.36 Å². The molecule has 0 aliphatic rings.